The van der Waals surface area contributed by atoms with Gasteiger partial charge in [-0.15, -0.1) is 0 Å². The van der Waals surface area contributed by atoms with Crippen LogP contribution >= 0.6 is 15.2 Å². The van der Waals surface area contributed by atoms with Crippen molar-refractivity contribution in [1.29, 1.82) is 0 Å². The molecule has 10 heteroatoms. The summed E-state index contributed by atoms with van der Waals surface area (Å²) in [7, 11) is -8.17. The average Bonchev–Trinajstić information content (AvgIpc) is 2.56. The summed E-state index contributed by atoms with van der Waals surface area (Å²) < 4.78 is 25.6. The zero-order chi connectivity index (χ0) is 19.2. The Morgan fingerprint density at radius 2 is 1.12 bits per heavy atom. The van der Waals surface area contributed by atoms with E-state index in [1.165, 1.54) is 0 Å². The molecule has 0 atom stereocenters. The highest BCUT2D eigenvalue weighted by molar-refractivity contribution is 7.51. The molecule has 4 N–H and O–H groups in total. The van der Waals surface area contributed by atoms with E-state index in [0.29, 0.717) is 0 Å². The lowest BCUT2D eigenvalue weighted by Crippen LogP contribution is -2.39. The molecule has 0 aromatic carbocycles. The number of rotatable bonds is 8. The molecule has 0 spiro atoms. The van der Waals surface area contributed by atoms with E-state index < -0.39 is 15.2 Å². The molecule has 2 aromatic heterocycles. The van der Waals surface area contributed by atoms with Gasteiger partial charge in [0.05, 0.1) is 0 Å². The monoisotopic (exact) mass is 400 g/mol. The summed E-state index contributed by atoms with van der Waals surface area (Å²) in [5.41, 5.74) is 1.51. The third-order valence-electron chi connectivity index (χ3n) is 3.64. The SMILES string of the molecule is O=P(O)(O)CC[n+]1ccccc1C=Cc1cccc[n+]1CCP(=O)(O)O. The van der Waals surface area contributed by atoms with Crippen molar-refractivity contribution in [3.8, 4) is 0 Å². The van der Waals surface area contributed by atoms with Crippen LogP contribution < -0.4 is 9.13 Å². The van der Waals surface area contributed by atoms with Crippen molar-refractivity contribution < 1.29 is 37.8 Å². The Balaban J connectivity index is 2.20. The standard InChI is InChI=1S/C16H20N2O6P2/c19-25(20,21)13-11-17-9-3-1-5-15(17)7-8-16-6-2-4-10-18(16)12-14-26(22,23)24/h1-10H,11-14H2,(H2-2,19,20,21,22,23,24)/p+2. The first-order valence-electron chi connectivity index (χ1n) is 7.88. The van der Waals surface area contributed by atoms with Gasteiger partial charge in [-0.05, 0) is 12.1 Å². The van der Waals surface area contributed by atoms with Gasteiger partial charge in [-0.25, -0.2) is 0 Å². The topological polar surface area (TPSA) is 123 Å². The lowest BCUT2D eigenvalue weighted by atomic mass is 10.2. The number of pyridine rings is 2. The largest absolute Gasteiger partial charge is 0.331 e. The van der Waals surface area contributed by atoms with Gasteiger partial charge in [0.1, 0.15) is 12.3 Å². The minimum Gasteiger partial charge on any atom is -0.324 e. The van der Waals surface area contributed by atoms with Gasteiger partial charge in [-0.2, -0.15) is 9.13 Å². The summed E-state index contributed by atoms with van der Waals surface area (Å²) in [5, 5.41) is 0. The molecule has 0 amide bonds. The van der Waals surface area contributed by atoms with Crippen molar-refractivity contribution in [1.82, 2.24) is 0 Å². The van der Waals surface area contributed by atoms with Crippen LogP contribution in [0, 0.1) is 0 Å². The summed E-state index contributed by atoms with van der Waals surface area (Å²) in [6.07, 6.45) is 6.56. The van der Waals surface area contributed by atoms with Gasteiger partial charge in [0.2, 0.25) is 11.4 Å². The van der Waals surface area contributed by atoms with Crippen molar-refractivity contribution in [2.75, 3.05) is 12.3 Å². The first-order valence-corrected chi connectivity index (χ1v) is 11.5. The number of nitrogens with zero attached hydrogens (tertiary/aromatic N) is 2. The summed E-state index contributed by atoms with van der Waals surface area (Å²) >= 11 is 0. The lowest BCUT2D eigenvalue weighted by molar-refractivity contribution is -0.695. The fourth-order valence-corrected chi connectivity index (χ4v) is 3.29. The Morgan fingerprint density at radius 3 is 1.46 bits per heavy atom. The molecule has 26 heavy (non-hydrogen) atoms. The van der Waals surface area contributed by atoms with E-state index >= 15 is 0 Å². The second kappa shape index (κ2) is 8.82. The molecule has 140 valence electrons. The van der Waals surface area contributed by atoms with Gasteiger partial charge in [-0.3, -0.25) is 9.13 Å². The molecule has 0 aliphatic carbocycles. The zero-order valence-corrected chi connectivity index (χ0v) is 15.8. The van der Waals surface area contributed by atoms with Gasteiger partial charge in [0.25, 0.3) is 0 Å². The fourth-order valence-electron chi connectivity index (χ4n) is 2.34. The van der Waals surface area contributed by atoms with Crippen LogP contribution in [0.3, 0.4) is 0 Å². The van der Waals surface area contributed by atoms with E-state index in [1.807, 2.05) is 24.3 Å². The minimum atomic E-state index is -4.08. The predicted octanol–water partition coefficient (Wildman–Crippen LogP) is 0.787. The quantitative estimate of drug-likeness (QED) is 0.384. The third kappa shape index (κ3) is 7.30. The number of aromatic nitrogens is 2. The van der Waals surface area contributed by atoms with Crippen molar-refractivity contribution in [3.05, 3.63) is 60.2 Å². The molecule has 2 rings (SSSR count). The predicted molar refractivity (Wildman–Crippen MR) is 96.0 cm³/mol. The van der Waals surface area contributed by atoms with Gasteiger partial charge in [-0.1, -0.05) is 0 Å². The van der Waals surface area contributed by atoms with Crippen LogP contribution in [0.1, 0.15) is 11.4 Å². The van der Waals surface area contributed by atoms with E-state index in [2.05, 4.69) is 0 Å². The van der Waals surface area contributed by atoms with E-state index in [4.69, 9.17) is 19.6 Å². The van der Waals surface area contributed by atoms with Gasteiger partial charge < -0.3 is 19.6 Å². The highest BCUT2D eigenvalue weighted by Gasteiger charge is 2.19. The van der Waals surface area contributed by atoms with Crippen LogP contribution in [-0.4, -0.2) is 31.9 Å². The number of hydrogen-bond donors (Lipinski definition) is 4. The molecule has 2 heterocycles. The maximum absolute atomic E-state index is 11.1. The minimum absolute atomic E-state index is 0.178. The highest BCUT2D eigenvalue weighted by Crippen LogP contribution is 2.33. The summed E-state index contributed by atoms with van der Waals surface area (Å²) in [5.74, 6) is 0. The Bertz CT molecular complexity index is 803. The van der Waals surface area contributed by atoms with Gasteiger partial charge >= 0.3 is 15.2 Å². The van der Waals surface area contributed by atoms with Crippen molar-refractivity contribution in [3.63, 3.8) is 0 Å². The summed E-state index contributed by atoms with van der Waals surface area (Å²) in [6, 6.07) is 10.8. The average molecular weight is 400 g/mol. The van der Waals surface area contributed by atoms with Gasteiger partial charge in [0, 0.05) is 36.4 Å². The molecule has 0 saturated heterocycles. The molecule has 2 aromatic rings. The number of hydrogen-bond acceptors (Lipinski definition) is 2. The molecular weight excluding hydrogens is 378 g/mol. The molecule has 0 aliphatic heterocycles. The molecule has 0 bridgehead atoms. The Hall–Kier alpha value is -1.66. The molecule has 8 nitrogen and oxygen atoms in total. The normalized spacial score (nSPS) is 12.6. The Labute approximate surface area is 151 Å². The lowest BCUT2D eigenvalue weighted by Gasteiger charge is -2.04. The smallest absolute Gasteiger partial charge is 0.324 e. The highest BCUT2D eigenvalue weighted by atomic mass is 31.2. The molecular formula is C16H22N2O6P2+2. The molecule has 0 aliphatic rings. The van der Waals surface area contributed by atoms with Crippen LogP contribution in [0.4, 0.5) is 0 Å². The van der Waals surface area contributed by atoms with Crippen LogP contribution in [0.2, 0.25) is 0 Å². The molecule has 0 radical (unpaired) electrons. The second-order valence-corrected chi connectivity index (χ2v) is 9.30. The third-order valence-corrected chi connectivity index (χ3v) is 5.21. The first kappa shape index (κ1) is 20.6. The van der Waals surface area contributed by atoms with E-state index in [1.54, 1.807) is 45.8 Å². The second-order valence-electron chi connectivity index (χ2n) is 5.75. The molecule has 0 unspecified atom stereocenters. The zero-order valence-electron chi connectivity index (χ0n) is 14.0. The Kier molecular flexibility index (Phi) is 7.01. The van der Waals surface area contributed by atoms with Crippen LogP contribution in [0.25, 0.3) is 12.2 Å². The molecule has 0 fully saturated rings. The maximum Gasteiger partial charge on any atom is 0.331 e. The number of aryl methyl sites for hydroxylation is 2. The van der Waals surface area contributed by atoms with Crippen LogP contribution in [0.15, 0.2) is 48.8 Å². The van der Waals surface area contributed by atoms with Crippen LogP contribution in [-0.2, 0) is 22.2 Å². The van der Waals surface area contributed by atoms with Gasteiger partial charge in [0.15, 0.2) is 25.5 Å². The Morgan fingerprint density at radius 1 is 0.731 bits per heavy atom. The van der Waals surface area contributed by atoms with Crippen molar-refractivity contribution in [2.45, 2.75) is 13.1 Å². The molecule has 0 saturated carbocycles. The fraction of sp³-hybridized carbons (Fsp3) is 0.250. The van der Waals surface area contributed by atoms with Crippen molar-refractivity contribution >= 4 is 27.3 Å². The van der Waals surface area contributed by atoms with E-state index in [-0.39, 0.29) is 25.4 Å². The van der Waals surface area contributed by atoms with Crippen molar-refractivity contribution in [2.24, 2.45) is 0 Å². The summed E-state index contributed by atoms with van der Waals surface area (Å²) in [4.78, 5) is 36.2. The first-order chi connectivity index (χ1) is 12.1. The maximum atomic E-state index is 11.1. The van der Waals surface area contributed by atoms with E-state index in [9.17, 15) is 9.13 Å². The summed E-state index contributed by atoms with van der Waals surface area (Å²) in [6.45, 7) is 0.357. The van der Waals surface area contributed by atoms with Crippen LogP contribution in [0.5, 0.6) is 0 Å². The van der Waals surface area contributed by atoms with E-state index in [0.717, 1.165) is 11.4 Å².